The van der Waals surface area contributed by atoms with E-state index in [-0.39, 0.29) is 5.75 Å². The molecule has 31 heavy (non-hydrogen) atoms. The fourth-order valence-corrected chi connectivity index (χ4v) is 5.04. The Balaban J connectivity index is 1.63. The van der Waals surface area contributed by atoms with Gasteiger partial charge in [0.1, 0.15) is 0 Å². The van der Waals surface area contributed by atoms with Gasteiger partial charge in [0.05, 0.1) is 19.0 Å². The van der Waals surface area contributed by atoms with Crippen LogP contribution in [-0.2, 0) is 14.8 Å². The van der Waals surface area contributed by atoms with Crippen LogP contribution in [0, 0.1) is 0 Å². The topological polar surface area (TPSA) is 92.0 Å². The molecule has 0 spiro atoms. The van der Waals surface area contributed by atoms with Crippen LogP contribution in [0.3, 0.4) is 0 Å². The second-order valence-electron chi connectivity index (χ2n) is 8.31. The van der Waals surface area contributed by atoms with Gasteiger partial charge in [-0.05, 0) is 62.9 Å². The van der Waals surface area contributed by atoms with E-state index in [2.05, 4.69) is 19.7 Å². The van der Waals surface area contributed by atoms with Gasteiger partial charge in [-0.3, -0.25) is 9.88 Å². The average Bonchev–Trinajstić information content (AvgIpc) is 2.72. The predicted molar refractivity (Wildman–Crippen MR) is 128 cm³/mol. The highest BCUT2D eigenvalue weighted by atomic mass is 32.2. The highest BCUT2D eigenvalue weighted by molar-refractivity contribution is 7.89. The molecule has 0 radical (unpaired) electrons. The first-order chi connectivity index (χ1) is 14.9. The summed E-state index contributed by atoms with van der Waals surface area (Å²) in [6.07, 6.45) is 9.38. The van der Waals surface area contributed by atoms with Crippen LogP contribution in [0.4, 0.5) is 5.69 Å². The van der Waals surface area contributed by atoms with Crippen LogP contribution in [0.15, 0.2) is 24.5 Å². The van der Waals surface area contributed by atoms with E-state index in [4.69, 9.17) is 22.1 Å². The number of nitrogens with zero attached hydrogens (tertiary/aromatic N) is 4. The maximum absolute atomic E-state index is 11.3. The minimum Gasteiger partial charge on any atom is -0.379 e. The van der Waals surface area contributed by atoms with Crippen molar-refractivity contribution in [1.29, 1.82) is 0 Å². The first-order valence-electron chi connectivity index (χ1n) is 11.2. The lowest BCUT2D eigenvalue weighted by atomic mass is 9.91. The third kappa shape index (κ3) is 7.94. The van der Waals surface area contributed by atoms with Crippen molar-refractivity contribution in [1.82, 2.24) is 14.8 Å². The van der Waals surface area contributed by atoms with Gasteiger partial charge in [0.2, 0.25) is 10.0 Å². The Morgan fingerprint density at radius 2 is 1.84 bits per heavy atom. The van der Waals surface area contributed by atoms with Gasteiger partial charge in [-0.1, -0.05) is 0 Å². The molecule has 0 amide bonds. The number of morpholine rings is 1. The first-order valence-corrected chi connectivity index (χ1v) is 13.3. The molecule has 1 aliphatic carbocycles. The van der Waals surface area contributed by atoms with Crippen LogP contribution in [0.2, 0.25) is 0 Å². The van der Waals surface area contributed by atoms with E-state index < -0.39 is 10.0 Å². The maximum Gasteiger partial charge on any atom is 0.209 e. The number of aromatic nitrogens is 1. The maximum atomic E-state index is 11.3. The number of anilines is 1. The summed E-state index contributed by atoms with van der Waals surface area (Å²) in [5, 5.41) is 5.99. The molecule has 0 unspecified atom stereocenters. The average molecular weight is 470 g/mol. The van der Waals surface area contributed by atoms with Crippen molar-refractivity contribution in [3.05, 3.63) is 24.5 Å². The second-order valence-corrected chi connectivity index (χ2v) is 10.4. The molecule has 10 heteroatoms. The van der Waals surface area contributed by atoms with Crippen molar-refractivity contribution in [2.24, 2.45) is 5.14 Å². The Bertz CT molecular complexity index is 783. The Labute approximate surface area is 191 Å². The number of nitrogens with two attached hydrogens (primary N) is 1. The molecule has 1 aromatic heterocycles. The molecule has 1 aliphatic heterocycles. The number of ether oxygens (including phenoxy) is 1. The number of thiocarbonyl (C=S) groups is 1. The highest BCUT2D eigenvalue weighted by Gasteiger charge is 2.30. The molecule has 2 heterocycles. The molecular formula is C21H35N5O3S2. The molecule has 2 fully saturated rings. The van der Waals surface area contributed by atoms with Gasteiger partial charge in [0.15, 0.2) is 5.11 Å². The Morgan fingerprint density at radius 1 is 1.16 bits per heavy atom. The van der Waals surface area contributed by atoms with E-state index in [1.165, 1.54) is 6.42 Å². The number of pyridine rings is 1. The lowest BCUT2D eigenvalue weighted by Gasteiger charge is -2.42. The quantitative estimate of drug-likeness (QED) is 0.388. The van der Waals surface area contributed by atoms with E-state index in [1.807, 2.05) is 12.1 Å². The number of hydrogen-bond donors (Lipinski definition) is 1. The summed E-state index contributed by atoms with van der Waals surface area (Å²) in [7, 11) is -3.43. The summed E-state index contributed by atoms with van der Waals surface area (Å²) in [4.78, 5) is 11.1. The van der Waals surface area contributed by atoms with E-state index in [9.17, 15) is 8.42 Å². The molecule has 1 aromatic rings. The summed E-state index contributed by atoms with van der Waals surface area (Å²) >= 11 is 6.00. The van der Waals surface area contributed by atoms with E-state index in [0.717, 1.165) is 82.4 Å². The van der Waals surface area contributed by atoms with Gasteiger partial charge in [-0.25, -0.2) is 13.6 Å². The van der Waals surface area contributed by atoms with Crippen molar-refractivity contribution >= 4 is 33.0 Å². The number of primary sulfonamides is 1. The van der Waals surface area contributed by atoms with Crippen molar-refractivity contribution in [2.75, 3.05) is 56.6 Å². The third-order valence-corrected chi connectivity index (χ3v) is 7.28. The number of hydrogen-bond acceptors (Lipinski definition) is 6. The van der Waals surface area contributed by atoms with Gasteiger partial charge in [0.25, 0.3) is 0 Å². The molecule has 0 aromatic carbocycles. The van der Waals surface area contributed by atoms with Crippen LogP contribution in [-0.4, -0.2) is 86.0 Å². The lowest BCUT2D eigenvalue weighted by Crippen LogP contribution is -2.51. The van der Waals surface area contributed by atoms with Gasteiger partial charge >= 0.3 is 0 Å². The summed E-state index contributed by atoms with van der Waals surface area (Å²) in [5.41, 5.74) is 1.08. The zero-order chi connectivity index (χ0) is 22.1. The normalized spacial score (nSPS) is 17.8. The Kier molecular flexibility index (Phi) is 9.46. The zero-order valence-corrected chi connectivity index (χ0v) is 19.8. The predicted octanol–water partition coefficient (Wildman–Crippen LogP) is 1.82. The van der Waals surface area contributed by atoms with Crippen molar-refractivity contribution in [2.45, 2.75) is 44.6 Å². The minimum absolute atomic E-state index is 0.0120. The Morgan fingerprint density at radius 3 is 2.45 bits per heavy atom. The molecular weight excluding hydrogens is 434 g/mol. The summed E-state index contributed by atoms with van der Waals surface area (Å²) in [6.45, 7) is 6.14. The first kappa shape index (κ1) is 24.3. The van der Waals surface area contributed by atoms with Crippen molar-refractivity contribution < 1.29 is 13.2 Å². The molecule has 1 saturated carbocycles. The molecule has 8 nitrogen and oxygen atoms in total. The summed E-state index contributed by atoms with van der Waals surface area (Å²) in [6, 6.07) is 4.44. The number of unbranched alkanes of at least 4 members (excludes halogenated alkanes) is 1. The van der Waals surface area contributed by atoms with Gasteiger partial charge < -0.3 is 14.5 Å². The van der Waals surface area contributed by atoms with E-state index in [1.54, 1.807) is 12.4 Å². The van der Waals surface area contributed by atoms with E-state index in [0.29, 0.717) is 12.5 Å². The smallest absolute Gasteiger partial charge is 0.209 e. The second kappa shape index (κ2) is 12.1. The molecule has 1 saturated heterocycles. The van der Waals surface area contributed by atoms with Crippen molar-refractivity contribution in [3.63, 3.8) is 0 Å². The summed E-state index contributed by atoms with van der Waals surface area (Å²) in [5.74, 6) is 0.0120. The minimum atomic E-state index is -3.43. The summed E-state index contributed by atoms with van der Waals surface area (Å²) < 4.78 is 28.0. The fraction of sp³-hybridized carbons (Fsp3) is 0.714. The van der Waals surface area contributed by atoms with Gasteiger partial charge in [-0.15, -0.1) is 0 Å². The standard InChI is InChI=1S/C21H35N5O3S2/c22-31(27,28)18-2-1-12-25(13-4-11-24-14-16-29-17-15-24)21(30)26(19-5-3-6-19)20-7-9-23-10-8-20/h7-10,19H,1-6,11-18H2,(H2,22,27,28). The highest BCUT2D eigenvalue weighted by Crippen LogP contribution is 2.30. The lowest BCUT2D eigenvalue weighted by molar-refractivity contribution is 0.0368. The SMILES string of the molecule is NS(=O)(=O)CCCCN(CCCN1CCOCC1)C(=S)N(c1ccncc1)C1CCC1. The molecule has 0 bridgehead atoms. The Hall–Kier alpha value is -1.33. The largest absolute Gasteiger partial charge is 0.379 e. The van der Waals surface area contributed by atoms with Crippen LogP contribution >= 0.6 is 12.2 Å². The van der Waals surface area contributed by atoms with Crippen LogP contribution in [0.1, 0.15) is 38.5 Å². The number of rotatable bonds is 11. The van der Waals surface area contributed by atoms with Crippen LogP contribution in [0.5, 0.6) is 0 Å². The van der Waals surface area contributed by atoms with E-state index >= 15 is 0 Å². The van der Waals surface area contributed by atoms with Gasteiger partial charge in [0, 0.05) is 56.8 Å². The molecule has 0 atom stereocenters. The van der Waals surface area contributed by atoms with Gasteiger partial charge in [-0.2, -0.15) is 0 Å². The van der Waals surface area contributed by atoms with Crippen LogP contribution < -0.4 is 10.0 Å². The number of sulfonamides is 1. The molecule has 2 aliphatic rings. The molecule has 174 valence electrons. The van der Waals surface area contributed by atoms with Crippen molar-refractivity contribution in [3.8, 4) is 0 Å². The molecule has 3 rings (SSSR count). The van der Waals surface area contributed by atoms with Crippen LogP contribution in [0.25, 0.3) is 0 Å². The molecule has 2 N–H and O–H groups in total. The monoisotopic (exact) mass is 469 g/mol. The zero-order valence-electron chi connectivity index (χ0n) is 18.2. The third-order valence-electron chi connectivity index (χ3n) is 5.97. The fourth-order valence-electron chi connectivity index (χ4n) is 4.00.